The smallest absolute Gasteiger partial charge is 0.0912 e. The summed E-state index contributed by atoms with van der Waals surface area (Å²) in [5.74, 6) is 3.75. The van der Waals surface area contributed by atoms with Gasteiger partial charge in [-0.15, -0.1) is 0 Å². The Bertz CT molecular complexity index is 734. The van der Waals surface area contributed by atoms with Crippen LogP contribution in [0.4, 0.5) is 0 Å². The van der Waals surface area contributed by atoms with E-state index in [1.165, 1.54) is 102 Å². The second-order valence-corrected chi connectivity index (χ2v) is 10.9. The fourth-order valence-corrected chi connectivity index (χ4v) is 6.31. The van der Waals surface area contributed by atoms with Gasteiger partial charge in [0, 0.05) is 6.08 Å². The second-order valence-electron chi connectivity index (χ2n) is 10.9. The van der Waals surface area contributed by atoms with Gasteiger partial charge in [0.25, 0.3) is 0 Å². The first-order valence-electron chi connectivity index (χ1n) is 14.1. The molecule has 1 aromatic carbocycles. The van der Waals surface area contributed by atoms with Crippen molar-refractivity contribution in [1.82, 2.24) is 0 Å². The lowest BCUT2D eigenvalue weighted by molar-refractivity contribution is 0.244. The maximum absolute atomic E-state index is 8.49. The lowest BCUT2D eigenvalue weighted by atomic mass is 9.76. The van der Waals surface area contributed by atoms with E-state index in [2.05, 4.69) is 37.3 Å². The standard InChI is InChI=1S/C32H47N/c1-2-10-27-18-22-31(23-19-27)32-24-20-30(21-25-32)13-8-7-12-29-16-14-28(15-17-29)11-6-4-3-5-9-26-33/h3-5,9,18-19,22-23,28-30,32H,2,6-8,10-17,20-21,24-25H2,1H3/b4-3+,9-5+. The third-order valence-electron chi connectivity index (χ3n) is 8.44. The maximum Gasteiger partial charge on any atom is 0.0912 e. The van der Waals surface area contributed by atoms with E-state index >= 15 is 0 Å². The van der Waals surface area contributed by atoms with Gasteiger partial charge in [0.1, 0.15) is 0 Å². The minimum atomic E-state index is 0.816. The average molecular weight is 446 g/mol. The SMILES string of the molecule is CCCc1ccc(C2CCC(CCCCC3CCC(CC/C=C/C=C/C#N)CC3)CC2)cc1. The van der Waals surface area contributed by atoms with E-state index in [0.717, 1.165) is 30.1 Å². The van der Waals surface area contributed by atoms with Crippen molar-refractivity contribution < 1.29 is 0 Å². The van der Waals surface area contributed by atoms with Crippen LogP contribution in [0.1, 0.15) is 120 Å². The van der Waals surface area contributed by atoms with Gasteiger partial charge in [-0.05, 0) is 79.7 Å². The molecule has 0 aromatic heterocycles. The summed E-state index contributed by atoms with van der Waals surface area (Å²) in [7, 11) is 0. The molecule has 33 heavy (non-hydrogen) atoms. The number of nitrogens with zero attached hydrogens (tertiary/aromatic N) is 1. The molecular weight excluding hydrogens is 398 g/mol. The molecule has 180 valence electrons. The predicted octanol–water partition coefficient (Wildman–Crippen LogP) is 9.70. The van der Waals surface area contributed by atoms with Gasteiger partial charge in [-0.25, -0.2) is 0 Å². The first-order valence-corrected chi connectivity index (χ1v) is 14.1. The van der Waals surface area contributed by atoms with Crippen LogP contribution >= 0.6 is 0 Å². The molecule has 2 aliphatic rings. The van der Waals surface area contributed by atoms with Crippen molar-refractivity contribution in [1.29, 1.82) is 5.26 Å². The Balaban J connectivity index is 1.21. The molecule has 0 N–H and O–H groups in total. The van der Waals surface area contributed by atoms with Gasteiger partial charge in [0.15, 0.2) is 0 Å². The predicted molar refractivity (Wildman–Crippen MR) is 142 cm³/mol. The minimum absolute atomic E-state index is 0.816. The van der Waals surface area contributed by atoms with Gasteiger partial charge >= 0.3 is 0 Å². The maximum atomic E-state index is 8.49. The number of allylic oxidation sites excluding steroid dienone is 4. The van der Waals surface area contributed by atoms with Crippen LogP contribution in [0.5, 0.6) is 0 Å². The molecule has 0 heterocycles. The highest BCUT2D eigenvalue weighted by Gasteiger charge is 2.23. The van der Waals surface area contributed by atoms with Gasteiger partial charge in [-0.3, -0.25) is 0 Å². The van der Waals surface area contributed by atoms with Crippen molar-refractivity contribution in [3.63, 3.8) is 0 Å². The van der Waals surface area contributed by atoms with E-state index in [1.54, 1.807) is 11.6 Å². The summed E-state index contributed by atoms with van der Waals surface area (Å²) in [5, 5.41) is 8.49. The number of rotatable bonds is 12. The minimum Gasteiger partial charge on any atom is -0.193 e. The molecule has 0 aliphatic heterocycles. The zero-order valence-electron chi connectivity index (χ0n) is 21.2. The Morgan fingerprint density at radius 3 is 1.94 bits per heavy atom. The molecule has 0 radical (unpaired) electrons. The third kappa shape index (κ3) is 9.52. The molecule has 1 heteroatoms. The number of benzene rings is 1. The fourth-order valence-electron chi connectivity index (χ4n) is 6.31. The summed E-state index contributed by atoms with van der Waals surface area (Å²) >= 11 is 0. The molecule has 0 atom stereocenters. The van der Waals surface area contributed by atoms with Crippen molar-refractivity contribution in [2.75, 3.05) is 0 Å². The molecule has 2 aliphatic carbocycles. The van der Waals surface area contributed by atoms with E-state index in [-0.39, 0.29) is 0 Å². The topological polar surface area (TPSA) is 23.8 Å². The molecule has 1 aromatic rings. The number of aryl methyl sites for hydroxylation is 1. The lowest BCUT2D eigenvalue weighted by Gasteiger charge is -2.30. The molecule has 2 fully saturated rings. The van der Waals surface area contributed by atoms with Gasteiger partial charge in [0.2, 0.25) is 0 Å². The van der Waals surface area contributed by atoms with Crippen LogP contribution in [0.3, 0.4) is 0 Å². The van der Waals surface area contributed by atoms with Crippen LogP contribution in [0, 0.1) is 29.1 Å². The highest BCUT2D eigenvalue weighted by Crippen LogP contribution is 2.39. The van der Waals surface area contributed by atoms with Crippen molar-refractivity contribution in [2.45, 2.75) is 116 Å². The van der Waals surface area contributed by atoms with E-state index in [4.69, 9.17) is 5.26 Å². The Kier molecular flexibility index (Phi) is 11.9. The van der Waals surface area contributed by atoms with Crippen LogP contribution in [0.15, 0.2) is 48.6 Å². The van der Waals surface area contributed by atoms with Crippen molar-refractivity contribution in [2.24, 2.45) is 17.8 Å². The molecule has 3 rings (SSSR count). The number of unbranched alkanes of at least 4 members (excludes halogenated alkanes) is 1. The zero-order valence-corrected chi connectivity index (χ0v) is 21.2. The van der Waals surface area contributed by atoms with E-state index in [9.17, 15) is 0 Å². The molecule has 0 saturated heterocycles. The molecule has 0 spiro atoms. The summed E-state index contributed by atoms with van der Waals surface area (Å²) in [6.07, 6.45) is 30.0. The number of hydrogen-bond donors (Lipinski definition) is 0. The first-order chi connectivity index (χ1) is 16.3. The highest BCUT2D eigenvalue weighted by molar-refractivity contribution is 5.25. The Hall–Kier alpha value is -1.81. The van der Waals surface area contributed by atoms with Crippen LogP contribution < -0.4 is 0 Å². The molecular formula is C32H47N. The van der Waals surface area contributed by atoms with Gasteiger partial charge in [-0.1, -0.05) is 107 Å². The molecule has 2 saturated carbocycles. The summed E-state index contributed by atoms with van der Waals surface area (Å²) in [4.78, 5) is 0. The second kappa shape index (κ2) is 15.2. The summed E-state index contributed by atoms with van der Waals surface area (Å²) in [5.41, 5.74) is 3.09. The van der Waals surface area contributed by atoms with Gasteiger partial charge in [0.05, 0.1) is 6.07 Å². The van der Waals surface area contributed by atoms with Crippen molar-refractivity contribution in [3.05, 3.63) is 59.7 Å². The van der Waals surface area contributed by atoms with E-state index < -0.39 is 0 Å². The zero-order chi connectivity index (χ0) is 23.1. The Labute approximate surface area is 204 Å². The van der Waals surface area contributed by atoms with Crippen LogP contribution in [0.2, 0.25) is 0 Å². The highest BCUT2D eigenvalue weighted by atomic mass is 14.3. The quantitative estimate of drug-likeness (QED) is 0.178. The van der Waals surface area contributed by atoms with Crippen molar-refractivity contribution >= 4 is 0 Å². The van der Waals surface area contributed by atoms with Gasteiger partial charge < -0.3 is 0 Å². The van der Waals surface area contributed by atoms with Crippen LogP contribution in [-0.2, 0) is 6.42 Å². The lowest BCUT2D eigenvalue weighted by Crippen LogP contribution is -2.15. The van der Waals surface area contributed by atoms with E-state index in [0.29, 0.717) is 0 Å². The largest absolute Gasteiger partial charge is 0.193 e. The van der Waals surface area contributed by atoms with Gasteiger partial charge in [-0.2, -0.15) is 5.26 Å². The summed E-state index contributed by atoms with van der Waals surface area (Å²) in [6, 6.07) is 11.6. The molecule has 0 amide bonds. The average Bonchev–Trinajstić information content (AvgIpc) is 2.86. The van der Waals surface area contributed by atoms with E-state index in [1.807, 2.05) is 18.2 Å². The number of hydrogen-bond acceptors (Lipinski definition) is 1. The summed E-state index contributed by atoms with van der Waals surface area (Å²) < 4.78 is 0. The summed E-state index contributed by atoms with van der Waals surface area (Å²) in [6.45, 7) is 2.26. The molecule has 1 nitrogen and oxygen atoms in total. The normalized spacial score (nSPS) is 26.1. The van der Waals surface area contributed by atoms with Crippen LogP contribution in [0.25, 0.3) is 0 Å². The molecule has 0 unspecified atom stereocenters. The monoisotopic (exact) mass is 445 g/mol. The Morgan fingerprint density at radius 2 is 1.36 bits per heavy atom. The molecule has 0 bridgehead atoms. The van der Waals surface area contributed by atoms with Crippen LogP contribution in [-0.4, -0.2) is 0 Å². The fraction of sp³-hybridized carbons (Fsp3) is 0.656. The number of nitriles is 1. The first kappa shape index (κ1) is 25.8. The van der Waals surface area contributed by atoms with Crippen molar-refractivity contribution in [3.8, 4) is 6.07 Å². The Morgan fingerprint density at radius 1 is 0.788 bits per heavy atom. The third-order valence-corrected chi connectivity index (χ3v) is 8.44.